The molecule has 2 rings (SSSR count). The van der Waals surface area contributed by atoms with E-state index in [9.17, 15) is 8.42 Å². The van der Waals surface area contributed by atoms with Crippen molar-refractivity contribution in [2.75, 3.05) is 0 Å². The second-order valence-corrected chi connectivity index (χ2v) is 8.80. The van der Waals surface area contributed by atoms with Gasteiger partial charge in [0, 0.05) is 16.2 Å². The van der Waals surface area contributed by atoms with Crippen molar-refractivity contribution in [3.8, 4) is 0 Å². The van der Waals surface area contributed by atoms with Crippen molar-refractivity contribution in [2.24, 2.45) is 0 Å². The van der Waals surface area contributed by atoms with Crippen molar-refractivity contribution in [1.29, 1.82) is 0 Å². The number of sulfonamides is 1. The highest BCUT2D eigenvalue weighted by Crippen LogP contribution is 2.27. The van der Waals surface area contributed by atoms with Crippen molar-refractivity contribution in [3.63, 3.8) is 0 Å². The fourth-order valence-electron chi connectivity index (χ4n) is 2.31. The minimum atomic E-state index is -3.50. The molecular weight excluding hydrogens is 338 g/mol. The van der Waals surface area contributed by atoms with Gasteiger partial charge in [-0.15, -0.1) is 18.3 Å². The van der Waals surface area contributed by atoms with Crippen LogP contribution in [0.15, 0.2) is 77.0 Å². The Labute approximate surface area is 149 Å². The van der Waals surface area contributed by atoms with Crippen LogP contribution < -0.4 is 4.72 Å². The third kappa shape index (κ3) is 5.51. The van der Waals surface area contributed by atoms with E-state index in [-0.39, 0.29) is 11.3 Å². The van der Waals surface area contributed by atoms with Gasteiger partial charge in [0.1, 0.15) is 0 Å². The maximum atomic E-state index is 12.4. The van der Waals surface area contributed by atoms with Crippen molar-refractivity contribution in [3.05, 3.63) is 72.8 Å². The molecule has 3 nitrogen and oxygen atoms in total. The van der Waals surface area contributed by atoms with Crippen molar-refractivity contribution < 1.29 is 8.42 Å². The van der Waals surface area contributed by atoms with Gasteiger partial charge in [0.25, 0.3) is 0 Å². The Kier molecular flexibility index (Phi) is 6.66. The molecule has 0 saturated carbocycles. The van der Waals surface area contributed by atoms with Crippen LogP contribution in [0.5, 0.6) is 0 Å². The normalized spacial score (nSPS) is 14.1. The van der Waals surface area contributed by atoms with Crippen LogP contribution in [0.25, 0.3) is 0 Å². The third-order valence-electron chi connectivity index (χ3n) is 3.57. The molecule has 2 aromatic carbocycles. The van der Waals surface area contributed by atoms with E-state index >= 15 is 0 Å². The van der Waals surface area contributed by atoms with Crippen LogP contribution in [-0.4, -0.2) is 19.7 Å². The molecular formula is C19H23NO2S2. The summed E-state index contributed by atoms with van der Waals surface area (Å²) in [6.45, 7) is 7.69. The molecule has 2 atom stereocenters. The largest absolute Gasteiger partial charge is 0.240 e. The van der Waals surface area contributed by atoms with E-state index in [4.69, 9.17) is 0 Å². The van der Waals surface area contributed by atoms with Gasteiger partial charge in [-0.25, -0.2) is 13.1 Å². The summed E-state index contributed by atoms with van der Waals surface area (Å²) in [5.41, 5.74) is 1.04. The minimum absolute atomic E-state index is 0.142. The van der Waals surface area contributed by atoms with Gasteiger partial charge in [-0.2, -0.15) is 0 Å². The van der Waals surface area contributed by atoms with Gasteiger partial charge in [0.15, 0.2) is 0 Å². The monoisotopic (exact) mass is 361 g/mol. The number of thioether (sulfide) groups is 1. The molecule has 0 aliphatic heterocycles. The summed E-state index contributed by atoms with van der Waals surface area (Å²) in [6.07, 6.45) is 2.54. The molecule has 0 heterocycles. The van der Waals surface area contributed by atoms with E-state index in [0.717, 1.165) is 10.5 Å². The highest BCUT2D eigenvalue weighted by molar-refractivity contribution is 8.00. The highest BCUT2D eigenvalue weighted by atomic mass is 32.2. The summed E-state index contributed by atoms with van der Waals surface area (Å²) in [5, 5.41) is 0.142. The van der Waals surface area contributed by atoms with E-state index in [2.05, 4.69) is 11.3 Å². The predicted molar refractivity (Wildman–Crippen MR) is 102 cm³/mol. The molecule has 0 fully saturated rings. The Hall–Kier alpha value is -1.56. The number of aryl methyl sites for hydroxylation is 1. The maximum absolute atomic E-state index is 12.4. The number of hydrogen-bond acceptors (Lipinski definition) is 3. The van der Waals surface area contributed by atoms with Gasteiger partial charge in [0.2, 0.25) is 10.0 Å². The van der Waals surface area contributed by atoms with Crippen molar-refractivity contribution in [2.45, 2.75) is 41.4 Å². The van der Waals surface area contributed by atoms with Crippen LogP contribution in [0.1, 0.15) is 18.9 Å². The zero-order chi connectivity index (χ0) is 17.6. The Bertz CT molecular complexity index is 756. The first-order valence-corrected chi connectivity index (χ1v) is 10.2. The highest BCUT2D eigenvalue weighted by Gasteiger charge is 2.19. The van der Waals surface area contributed by atoms with Gasteiger partial charge in [-0.05, 0) is 44.5 Å². The smallest absolute Gasteiger partial charge is 0.208 e. The Balaban J connectivity index is 1.99. The fourth-order valence-corrected chi connectivity index (χ4v) is 4.71. The van der Waals surface area contributed by atoms with E-state index in [1.807, 2.05) is 50.3 Å². The summed E-state index contributed by atoms with van der Waals surface area (Å²) in [6, 6.07) is 16.7. The SMILES string of the molecule is C=CC(C[C@@H](C)NS(=O)(=O)c1ccc(C)cc1)Sc1ccccc1. The van der Waals surface area contributed by atoms with E-state index in [1.165, 1.54) is 0 Å². The Morgan fingerprint density at radius 3 is 2.33 bits per heavy atom. The second kappa shape index (κ2) is 8.51. The second-order valence-electron chi connectivity index (χ2n) is 5.78. The summed E-state index contributed by atoms with van der Waals surface area (Å²) < 4.78 is 27.6. The van der Waals surface area contributed by atoms with Crippen molar-refractivity contribution >= 4 is 21.8 Å². The topological polar surface area (TPSA) is 46.2 Å². The summed E-state index contributed by atoms with van der Waals surface area (Å²) in [7, 11) is -3.50. The molecule has 1 N–H and O–H groups in total. The van der Waals surface area contributed by atoms with Crippen LogP contribution in [0.3, 0.4) is 0 Å². The molecule has 1 unspecified atom stereocenters. The summed E-state index contributed by atoms with van der Waals surface area (Å²) in [4.78, 5) is 1.45. The quantitative estimate of drug-likeness (QED) is 0.560. The van der Waals surface area contributed by atoms with Crippen LogP contribution in [0, 0.1) is 6.92 Å². The lowest BCUT2D eigenvalue weighted by molar-refractivity contribution is 0.551. The molecule has 128 valence electrons. The van der Waals surface area contributed by atoms with Crippen LogP contribution in [0.2, 0.25) is 0 Å². The first-order valence-electron chi connectivity index (χ1n) is 7.84. The lowest BCUT2D eigenvalue weighted by Gasteiger charge is -2.19. The lowest BCUT2D eigenvalue weighted by atomic mass is 10.2. The molecule has 0 amide bonds. The third-order valence-corrected chi connectivity index (χ3v) is 6.40. The van der Waals surface area contributed by atoms with Gasteiger partial charge >= 0.3 is 0 Å². The number of hydrogen-bond donors (Lipinski definition) is 1. The van der Waals surface area contributed by atoms with Crippen LogP contribution >= 0.6 is 11.8 Å². The average Bonchev–Trinajstić information content (AvgIpc) is 2.55. The number of benzene rings is 2. The zero-order valence-electron chi connectivity index (χ0n) is 14.0. The van der Waals surface area contributed by atoms with E-state index in [0.29, 0.717) is 11.3 Å². The standard InChI is InChI=1S/C19H23NO2S2/c1-4-17(23-18-8-6-5-7-9-18)14-16(3)20-24(21,22)19-12-10-15(2)11-13-19/h4-13,16-17,20H,1,14H2,2-3H3/t16-,17?/m1/s1. The van der Waals surface area contributed by atoms with Gasteiger partial charge in [-0.1, -0.05) is 42.0 Å². The molecule has 2 aromatic rings. The molecule has 0 saturated heterocycles. The maximum Gasteiger partial charge on any atom is 0.240 e. The number of nitrogens with one attached hydrogen (secondary N) is 1. The molecule has 24 heavy (non-hydrogen) atoms. The predicted octanol–water partition coefficient (Wildman–Crippen LogP) is 4.40. The van der Waals surface area contributed by atoms with E-state index < -0.39 is 10.0 Å². The van der Waals surface area contributed by atoms with Gasteiger partial charge < -0.3 is 0 Å². The Morgan fingerprint density at radius 2 is 1.75 bits per heavy atom. The van der Waals surface area contributed by atoms with Crippen LogP contribution in [0.4, 0.5) is 0 Å². The van der Waals surface area contributed by atoms with E-state index in [1.54, 1.807) is 36.0 Å². The Morgan fingerprint density at radius 1 is 1.12 bits per heavy atom. The zero-order valence-corrected chi connectivity index (χ0v) is 15.6. The first kappa shape index (κ1) is 18.8. The van der Waals surface area contributed by atoms with Crippen molar-refractivity contribution in [1.82, 2.24) is 4.72 Å². The molecule has 0 aliphatic carbocycles. The molecule has 0 aliphatic rings. The first-order chi connectivity index (χ1) is 11.4. The summed E-state index contributed by atoms with van der Waals surface area (Å²) >= 11 is 1.69. The van der Waals surface area contributed by atoms with Gasteiger partial charge in [0.05, 0.1) is 4.90 Å². The lowest BCUT2D eigenvalue weighted by Crippen LogP contribution is -2.34. The molecule has 0 aromatic heterocycles. The fraction of sp³-hybridized carbons (Fsp3) is 0.263. The minimum Gasteiger partial charge on any atom is -0.208 e. The van der Waals surface area contributed by atoms with Crippen LogP contribution in [-0.2, 0) is 10.0 Å². The summed E-state index contributed by atoms with van der Waals surface area (Å²) in [5.74, 6) is 0. The number of rotatable bonds is 8. The average molecular weight is 362 g/mol. The molecule has 0 spiro atoms. The molecule has 0 radical (unpaired) electrons. The molecule has 0 bridgehead atoms. The molecule has 5 heteroatoms. The van der Waals surface area contributed by atoms with Gasteiger partial charge in [-0.3, -0.25) is 0 Å².